The second-order valence-corrected chi connectivity index (χ2v) is 3.56. The third-order valence-corrected chi connectivity index (χ3v) is 2.40. The molecule has 0 aliphatic carbocycles. The quantitative estimate of drug-likeness (QED) is 0.770. The minimum absolute atomic E-state index is 0.234. The average Bonchev–Trinajstić information content (AvgIpc) is 2.30. The number of hydrogen-bond acceptors (Lipinski definition) is 2. The molecule has 2 aromatic rings. The summed E-state index contributed by atoms with van der Waals surface area (Å²) in [6.07, 6.45) is 1.72. The van der Waals surface area contributed by atoms with Crippen LogP contribution in [0.1, 0.15) is 5.56 Å². The lowest BCUT2D eigenvalue weighted by Gasteiger charge is -2.06. The summed E-state index contributed by atoms with van der Waals surface area (Å²) in [6.45, 7) is 1.93. The van der Waals surface area contributed by atoms with Gasteiger partial charge in [-0.3, -0.25) is 0 Å². The number of aromatic nitrogens is 1. The fraction of sp³-hybridized carbons (Fsp3) is 0.154. The molecular formula is C13H12FNO. The van der Waals surface area contributed by atoms with E-state index < -0.39 is 0 Å². The lowest BCUT2D eigenvalue weighted by molar-refractivity contribution is 0.394. The number of aryl methyl sites for hydroxylation is 1. The van der Waals surface area contributed by atoms with E-state index >= 15 is 0 Å². The summed E-state index contributed by atoms with van der Waals surface area (Å²) in [6, 6.07) is 8.32. The largest absolute Gasteiger partial charge is 0.481 e. The molecule has 0 fully saturated rings. The summed E-state index contributed by atoms with van der Waals surface area (Å²) < 4.78 is 17.8. The molecule has 2 rings (SSSR count). The van der Waals surface area contributed by atoms with Crippen LogP contribution in [0.2, 0.25) is 0 Å². The van der Waals surface area contributed by atoms with E-state index in [9.17, 15) is 4.39 Å². The van der Waals surface area contributed by atoms with E-state index in [1.54, 1.807) is 25.4 Å². The fourth-order valence-corrected chi connectivity index (χ4v) is 1.58. The molecule has 1 aromatic carbocycles. The first-order valence-corrected chi connectivity index (χ1v) is 4.97. The van der Waals surface area contributed by atoms with Gasteiger partial charge in [0.2, 0.25) is 5.88 Å². The van der Waals surface area contributed by atoms with Crippen molar-refractivity contribution in [2.45, 2.75) is 6.92 Å². The minimum atomic E-state index is -0.234. The summed E-state index contributed by atoms with van der Waals surface area (Å²) in [5.74, 6) is 0.382. The zero-order valence-electron chi connectivity index (χ0n) is 9.20. The molecule has 2 nitrogen and oxygen atoms in total. The lowest BCUT2D eigenvalue weighted by atomic mass is 10.1. The van der Waals surface area contributed by atoms with Gasteiger partial charge in [-0.2, -0.15) is 0 Å². The Balaban J connectivity index is 2.41. The van der Waals surface area contributed by atoms with Crippen LogP contribution in [0.15, 0.2) is 36.5 Å². The number of methoxy groups -OCH3 is 1. The van der Waals surface area contributed by atoms with E-state index in [-0.39, 0.29) is 5.82 Å². The number of benzene rings is 1. The van der Waals surface area contributed by atoms with Crippen molar-refractivity contribution in [3.05, 3.63) is 47.9 Å². The SMILES string of the molecule is COc1ncc(-c2ccc(F)cc2)cc1C. The first-order valence-electron chi connectivity index (χ1n) is 4.97. The summed E-state index contributed by atoms with van der Waals surface area (Å²) in [7, 11) is 1.59. The van der Waals surface area contributed by atoms with E-state index in [1.165, 1.54) is 12.1 Å². The van der Waals surface area contributed by atoms with Gasteiger partial charge in [0.1, 0.15) is 5.82 Å². The van der Waals surface area contributed by atoms with Crippen molar-refractivity contribution in [2.75, 3.05) is 7.11 Å². The molecule has 1 heterocycles. The predicted octanol–water partition coefficient (Wildman–Crippen LogP) is 3.20. The Hall–Kier alpha value is -1.90. The lowest BCUT2D eigenvalue weighted by Crippen LogP contribution is -1.91. The maximum atomic E-state index is 12.8. The molecule has 0 atom stereocenters. The van der Waals surface area contributed by atoms with E-state index in [1.807, 2.05) is 13.0 Å². The van der Waals surface area contributed by atoms with Crippen LogP contribution in [-0.2, 0) is 0 Å². The van der Waals surface area contributed by atoms with Crippen LogP contribution in [0.4, 0.5) is 4.39 Å². The molecule has 0 aliphatic rings. The van der Waals surface area contributed by atoms with Crippen LogP contribution < -0.4 is 4.74 Å². The molecule has 0 bridgehead atoms. The van der Waals surface area contributed by atoms with Crippen LogP contribution in [0.5, 0.6) is 5.88 Å². The first kappa shape index (κ1) is 10.6. The molecule has 0 saturated carbocycles. The first-order chi connectivity index (χ1) is 7.70. The molecule has 0 spiro atoms. The summed E-state index contributed by atoms with van der Waals surface area (Å²) in [5, 5.41) is 0. The van der Waals surface area contributed by atoms with Crippen LogP contribution >= 0.6 is 0 Å². The number of hydrogen-bond donors (Lipinski definition) is 0. The Bertz CT molecular complexity index is 494. The van der Waals surface area contributed by atoms with Gasteiger partial charge in [-0.1, -0.05) is 12.1 Å². The molecule has 0 unspecified atom stereocenters. The zero-order chi connectivity index (χ0) is 11.5. The van der Waals surface area contributed by atoms with E-state index in [4.69, 9.17) is 4.74 Å². The van der Waals surface area contributed by atoms with E-state index in [2.05, 4.69) is 4.98 Å². The normalized spacial score (nSPS) is 10.2. The highest BCUT2D eigenvalue weighted by atomic mass is 19.1. The topological polar surface area (TPSA) is 22.1 Å². The highest BCUT2D eigenvalue weighted by Gasteiger charge is 2.03. The Morgan fingerprint density at radius 1 is 1.12 bits per heavy atom. The van der Waals surface area contributed by atoms with E-state index in [0.717, 1.165) is 16.7 Å². The molecule has 82 valence electrons. The fourth-order valence-electron chi connectivity index (χ4n) is 1.58. The van der Waals surface area contributed by atoms with Gasteiger partial charge in [-0.15, -0.1) is 0 Å². The minimum Gasteiger partial charge on any atom is -0.481 e. The van der Waals surface area contributed by atoms with Crippen molar-refractivity contribution < 1.29 is 9.13 Å². The van der Waals surface area contributed by atoms with Gasteiger partial charge in [-0.05, 0) is 30.7 Å². The van der Waals surface area contributed by atoms with Crippen LogP contribution in [0.3, 0.4) is 0 Å². The molecule has 0 aliphatic heterocycles. The second-order valence-electron chi connectivity index (χ2n) is 3.56. The molecule has 0 radical (unpaired) electrons. The molecule has 0 saturated heterocycles. The van der Waals surface area contributed by atoms with Gasteiger partial charge in [-0.25, -0.2) is 9.37 Å². The molecular weight excluding hydrogens is 205 g/mol. The van der Waals surface area contributed by atoms with Gasteiger partial charge < -0.3 is 4.74 Å². The van der Waals surface area contributed by atoms with Crippen molar-refractivity contribution in [1.82, 2.24) is 4.98 Å². The van der Waals surface area contributed by atoms with Gasteiger partial charge in [0.05, 0.1) is 7.11 Å². The maximum absolute atomic E-state index is 12.8. The third kappa shape index (κ3) is 2.03. The number of halogens is 1. The Kier molecular flexibility index (Phi) is 2.86. The standard InChI is InChI=1S/C13H12FNO/c1-9-7-11(8-15-13(9)16-2)10-3-5-12(14)6-4-10/h3-8H,1-2H3. The van der Waals surface area contributed by atoms with Crippen molar-refractivity contribution in [3.63, 3.8) is 0 Å². The van der Waals surface area contributed by atoms with Crippen LogP contribution in [0, 0.1) is 12.7 Å². The smallest absolute Gasteiger partial charge is 0.215 e. The maximum Gasteiger partial charge on any atom is 0.215 e. The number of pyridine rings is 1. The Labute approximate surface area is 93.7 Å². The Morgan fingerprint density at radius 2 is 1.81 bits per heavy atom. The third-order valence-electron chi connectivity index (χ3n) is 2.40. The second kappa shape index (κ2) is 4.31. The number of ether oxygens (including phenoxy) is 1. The molecule has 16 heavy (non-hydrogen) atoms. The van der Waals surface area contributed by atoms with Gasteiger partial charge in [0.25, 0.3) is 0 Å². The molecule has 0 N–H and O–H groups in total. The average molecular weight is 217 g/mol. The van der Waals surface area contributed by atoms with Crippen molar-refractivity contribution >= 4 is 0 Å². The summed E-state index contributed by atoms with van der Waals surface area (Å²) in [5.41, 5.74) is 2.86. The Morgan fingerprint density at radius 3 is 2.38 bits per heavy atom. The van der Waals surface area contributed by atoms with Crippen molar-refractivity contribution in [3.8, 4) is 17.0 Å². The van der Waals surface area contributed by atoms with Gasteiger partial charge >= 0.3 is 0 Å². The summed E-state index contributed by atoms with van der Waals surface area (Å²) in [4.78, 5) is 4.18. The van der Waals surface area contributed by atoms with E-state index in [0.29, 0.717) is 5.88 Å². The van der Waals surface area contributed by atoms with Crippen molar-refractivity contribution in [2.24, 2.45) is 0 Å². The highest BCUT2D eigenvalue weighted by molar-refractivity contribution is 5.63. The molecule has 0 amide bonds. The highest BCUT2D eigenvalue weighted by Crippen LogP contribution is 2.23. The zero-order valence-corrected chi connectivity index (χ0v) is 9.20. The molecule has 3 heteroatoms. The predicted molar refractivity (Wildman–Crippen MR) is 60.9 cm³/mol. The van der Waals surface area contributed by atoms with Gasteiger partial charge in [0, 0.05) is 17.3 Å². The molecule has 1 aromatic heterocycles. The summed E-state index contributed by atoms with van der Waals surface area (Å²) >= 11 is 0. The van der Waals surface area contributed by atoms with Crippen molar-refractivity contribution in [1.29, 1.82) is 0 Å². The number of nitrogens with zero attached hydrogens (tertiary/aromatic N) is 1. The number of rotatable bonds is 2. The monoisotopic (exact) mass is 217 g/mol. The van der Waals surface area contributed by atoms with Crippen LogP contribution in [0.25, 0.3) is 11.1 Å². The van der Waals surface area contributed by atoms with Gasteiger partial charge in [0.15, 0.2) is 0 Å². The van der Waals surface area contributed by atoms with Crippen LogP contribution in [-0.4, -0.2) is 12.1 Å².